The monoisotopic (exact) mass is 252 g/mol. The van der Waals surface area contributed by atoms with Crippen molar-refractivity contribution < 1.29 is 21.7 Å². The molecule has 0 unspecified atom stereocenters. The predicted octanol–water partition coefficient (Wildman–Crippen LogP) is -0.0387. The van der Waals surface area contributed by atoms with Crippen molar-refractivity contribution in [3.8, 4) is 0 Å². The molecular weight excluding hydrogens is 235 g/mol. The first-order valence-electron chi connectivity index (χ1n) is 3.85. The molecule has 0 amide bonds. The van der Waals surface area contributed by atoms with Gasteiger partial charge in [-0.15, -0.1) is 0 Å². The van der Waals surface area contributed by atoms with Crippen LogP contribution >= 0.6 is 7.26 Å². The van der Waals surface area contributed by atoms with Crippen molar-refractivity contribution in [2.45, 2.75) is 6.92 Å². The first-order chi connectivity index (χ1) is 5.12. The molecular formula is C9H18BrOP. The summed E-state index contributed by atoms with van der Waals surface area (Å²) in [5.41, 5.74) is 0. The van der Waals surface area contributed by atoms with E-state index in [2.05, 4.69) is 25.7 Å². The third-order valence-corrected chi connectivity index (χ3v) is 3.46. The zero-order valence-corrected chi connectivity index (χ0v) is 10.6. The highest BCUT2D eigenvalue weighted by molar-refractivity contribution is 7.77. The van der Waals surface area contributed by atoms with Crippen molar-refractivity contribution >= 4 is 7.26 Å². The van der Waals surface area contributed by atoms with Gasteiger partial charge < -0.3 is 21.7 Å². The van der Waals surface area contributed by atoms with Gasteiger partial charge in [-0.05, 0) is 6.92 Å². The summed E-state index contributed by atoms with van der Waals surface area (Å²) in [6.07, 6.45) is 4.89. The Morgan fingerprint density at radius 3 is 2.42 bits per heavy atom. The second kappa shape index (κ2) is 7.82. The first kappa shape index (κ1) is 14.7. The van der Waals surface area contributed by atoms with Crippen LogP contribution in [0.1, 0.15) is 6.92 Å². The van der Waals surface area contributed by atoms with Gasteiger partial charge in [0.05, 0.1) is 31.9 Å². The second-order valence-corrected chi connectivity index (χ2v) is 7.21. The maximum atomic E-state index is 5.13. The van der Waals surface area contributed by atoms with E-state index in [9.17, 15) is 0 Å². The molecule has 0 aromatic heterocycles. The summed E-state index contributed by atoms with van der Waals surface area (Å²) in [6.45, 7) is 11.0. The molecule has 0 fully saturated rings. The number of ether oxygens (including phenoxy) is 1. The molecule has 0 aromatic rings. The molecule has 12 heavy (non-hydrogen) atoms. The van der Waals surface area contributed by atoms with Crippen LogP contribution in [0.15, 0.2) is 24.7 Å². The van der Waals surface area contributed by atoms with E-state index in [0.29, 0.717) is 0 Å². The molecule has 0 aliphatic heterocycles. The Hall–Kier alpha value is 0.190. The minimum atomic E-state index is -0.896. The number of halogens is 1. The van der Waals surface area contributed by atoms with Crippen molar-refractivity contribution in [3.05, 3.63) is 24.7 Å². The zero-order valence-electron chi connectivity index (χ0n) is 8.09. The lowest BCUT2D eigenvalue weighted by atomic mass is 10.8. The van der Waals surface area contributed by atoms with E-state index in [1.54, 1.807) is 0 Å². The molecule has 0 spiro atoms. The maximum absolute atomic E-state index is 5.13. The van der Waals surface area contributed by atoms with E-state index >= 15 is 0 Å². The van der Waals surface area contributed by atoms with Gasteiger partial charge in [0.25, 0.3) is 0 Å². The molecule has 0 aliphatic carbocycles. The van der Waals surface area contributed by atoms with E-state index in [4.69, 9.17) is 4.74 Å². The number of hydrogen-bond acceptors (Lipinski definition) is 1. The Bertz CT molecular complexity index is 143. The summed E-state index contributed by atoms with van der Waals surface area (Å²) in [5.74, 6) is 2.18. The molecule has 0 rings (SSSR count). The SMILES string of the molecule is C=CC[P+](C)(C)/C=C/OCC.[Br-]. The fourth-order valence-electron chi connectivity index (χ4n) is 0.698. The molecule has 0 saturated heterocycles. The number of hydrogen-bond donors (Lipinski definition) is 0. The van der Waals surface area contributed by atoms with Gasteiger partial charge in [-0.3, -0.25) is 0 Å². The summed E-state index contributed by atoms with van der Waals surface area (Å²) in [7, 11) is -0.896. The summed E-state index contributed by atoms with van der Waals surface area (Å²) >= 11 is 0. The molecule has 0 heterocycles. The minimum absolute atomic E-state index is 0. The number of allylic oxidation sites excluding steroid dienone is 1. The lowest BCUT2D eigenvalue weighted by Crippen LogP contribution is -3.00. The second-order valence-electron chi connectivity index (χ2n) is 2.99. The normalized spacial score (nSPS) is 10.9. The van der Waals surface area contributed by atoms with Crippen molar-refractivity contribution in [2.24, 2.45) is 0 Å². The fourth-order valence-corrected chi connectivity index (χ4v) is 1.90. The van der Waals surface area contributed by atoms with Crippen molar-refractivity contribution in [1.82, 2.24) is 0 Å². The highest BCUT2D eigenvalue weighted by Crippen LogP contribution is 2.52. The summed E-state index contributed by atoms with van der Waals surface area (Å²) in [4.78, 5) is 0. The van der Waals surface area contributed by atoms with Crippen LogP contribution < -0.4 is 17.0 Å². The molecule has 3 heteroatoms. The molecule has 0 aromatic carbocycles. The first-order valence-corrected chi connectivity index (χ1v) is 6.79. The van der Waals surface area contributed by atoms with Gasteiger partial charge in [-0.2, -0.15) is 0 Å². The smallest absolute Gasteiger partial charge is 0.117 e. The average Bonchev–Trinajstić information content (AvgIpc) is 1.87. The largest absolute Gasteiger partial charge is 1.00 e. The molecule has 0 bridgehead atoms. The Morgan fingerprint density at radius 2 is 2.00 bits per heavy atom. The highest BCUT2D eigenvalue weighted by Gasteiger charge is 2.18. The Morgan fingerprint density at radius 1 is 1.42 bits per heavy atom. The Balaban J connectivity index is 0. The molecule has 1 nitrogen and oxygen atoms in total. The van der Waals surface area contributed by atoms with Crippen molar-refractivity contribution in [2.75, 3.05) is 26.1 Å². The topological polar surface area (TPSA) is 9.23 Å². The van der Waals surface area contributed by atoms with Crippen LogP contribution in [0.2, 0.25) is 0 Å². The van der Waals surface area contributed by atoms with E-state index < -0.39 is 7.26 Å². The van der Waals surface area contributed by atoms with Crippen LogP contribution in [0.25, 0.3) is 0 Å². The lowest BCUT2D eigenvalue weighted by Gasteiger charge is -2.08. The molecule has 0 radical (unpaired) electrons. The Labute approximate surface area is 87.0 Å². The summed E-state index contributed by atoms with van der Waals surface area (Å²) in [6, 6.07) is 0. The van der Waals surface area contributed by atoms with Gasteiger partial charge in [0.2, 0.25) is 0 Å². The van der Waals surface area contributed by atoms with Gasteiger partial charge >= 0.3 is 0 Å². The quantitative estimate of drug-likeness (QED) is 0.379. The molecule has 0 atom stereocenters. The van der Waals surface area contributed by atoms with E-state index in [1.807, 2.05) is 19.3 Å². The predicted molar refractivity (Wildman–Crippen MR) is 54.6 cm³/mol. The van der Waals surface area contributed by atoms with Crippen molar-refractivity contribution in [1.29, 1.82) is 0 Å². The standard InChI is InChI=1S/C9H18OP.BrH/c1-5-8-11(3,4)9-7-10-6-2;/h5,7,9H,1,6,8H2,2-4H3;1H/q+1;/p-1/b9-7+;. The van der Waals surface area contributed by atoms with Crippen LogP contribution in [-0.4, -0.2) is 26.1 Å². The lowest BCUT2D eigenvalue weighted by molar-refractivity contribution is -0.00000319. The van der Waals surface area contributed by atoms with Gasteiger partial charge in [0.1, 0.15) is 6.26 Å². The molecule has 0 N–H and O–H groups in total. The van der Waals surface area contributed by atoms with Gasteiger partial charge in [0, 0.05) is 7.26 Å². The van der Waals surface area contributed by atoms with E-state index in [1.165, 1.54) is 0 Å². The minimum Gasteiger partial charge on any atom is -1.00 e. The number of rotatable bonds is 5. The zero-order chi connectivity index (χ0) is 8.74. The van der Waals surface area contributed by atoms with Crippen molar-refractivity contribution in [3.63, 3.8) is 0 Å². The summed E-state index contributed by atoms with van der Waals surface area (Å²) < 4.78 is 5.13. The third-order valence-electron chi connectivity index (χ3n) is 1.33. The summed E-state index contributed by atoms with van der Waals surface area (Å²) in [5, 5.41) is 0. The molecule has 0 saturated carbocycles. The third kappa shape index (κ3) is 8.29. The fraction of sp³-hybridized carbons (Fsp3) is 0.556. The van der Waals surface area contributed by atoms with Crippen LogP contribution in [0.3, 0.4) is 0 Å². The molecule has 0 aliphatic rings. The highest BCUT2D eigenvalue weighted by atomic mass is 79.9. The van der Waals surface area contributed by atoms with Crippen LogP contribution in [-0.2, 0) is 4.74 Å². The van der Waals surface area contributed by atoms with Crippen LogP contribution in [0, 0.1) is 0 Å². The average molecular weight is 253 g/mol. The van der Waals surface area contributed by atoms with Gasteiger partial charge in [0.15, 0.2) is 0 Å². The van der Waals surface area contributed by atoms with Gasteiger partial charge in [-0.25, -0.2) is 0 Å². The van der Waals surface area contributed by atoms with E-state index in [0.717, 1.165) is 12.8 Å². The molecule has 72 valence electrons. The van der Waals surface area contributed by atoms with Crippen LogP contribution in [0.5, 0.6) is 0 Å². The maximum Gasteiger partial charge on any atom is 0.117 e. The van der Waals surface area contributed by atoms with Crippen LogP contribution in [0.4, 0.5) is 0 Å². The van der Waals surface area contributed by atoms with E-state index in [-0.39, 0.29) is 17.0 Å². The Kier molecular flexibility index (Phi) is 9.58. The van der Waals surface area contributed by atoms with Gasteiger partial charge in [-0.1, -0.05) is 12.7 Å².